The summed E-state index contributed by atoms with van der Waals surface area (Å²) in [6.07, 6.45) is -0.341. The van der Waals surface area contributed by atoms with Crippen LogP contribution in [0.3, 0.4) is 0 Å². The molecule has 178 valence electrons. The second kappa shape index (κ2) is 11.6. The Kier molecular flexibility index (Phi) is 8.33. The van der Waals surface area contributed by atoms with E-state index in [-0.39, 0.29) is 62.0 Å². The Morgan fingerprint density at radius 1 is 0.882 bits per heavy atom. The van der Waals surface area contributed by atoms with Crippen molar-refractivity contribution in [2.75, 3.05) is 26.2 Å². The lowest BCUT2D eigenvalue weighted by molar-refractivity contribution is -0.121. The summed E-state index contributed by atoms with van der Waals surface area (Å²) in [5, 5.41) is 5.36. The smallest absolute Gasteiger partial charge is 0.434 e. The Morgan fingerprint density at radius 2 is 1.50 bits per heavy atom. The zero-order chi connectivity index (χ0) is 24.5. The Balaban J connectivity index is 1.32. The van der Waals surface area contributed by atoms with Gasteiger partial charge in [-0.05, 0) is 49.7 Å². The van der Waals surface area contributed by atoms with Crippen molar-refractivity contribution in [3.8, 4) is 5.75 Å². The van der Waals surface area contributed by atoms with Gasteiger partial charge in [-0.2, -0.15) is 0 Å². The molecule has 0 atom stereocenters. The number of carbonyl (C=O) groups excluding carboxylic acids is 5. The number of benzene rings is 2. The van der Waals surface area contributed by atoms with Crippen molar-refractivity contribution in [3.05, 3.63) is 65.2 Å². The molecule has 0 saturated carbocycles. The lowest BCUT2D eigenvalue weighted by atomic mass is 10.1. The van der Waals surface area contributed by atoms with Crippen LogP contribution in [0.25, 0.3) is 0 Å². The van der Waals surface area contributed by atoms with Crippen molar-refractivity contribution in [1.29, 1.82) is 0 Å². The van der Waals surface area contributed by atoms with Gasteiger partial charge in [0.15, 0.2) is 0 Å². The standard InChI is InChI=1S/C24H25N3O7/c1-2-33-24(32)34-17-11-9-16(10-12-17)21(29)26-14-13-25-20(28)8-5-15-27-22(30)18-6-3-4-7-19(18)23(27)31/h3-4,6-7,9-12H,2,5,8,13-15H2,1H3,(H,25,28)(H,26,29). The molecular formula is C24H25N3O7. The topological polar surface area (TPSA) is 131 Å². The minimum atomic E-state index is -0.820. The van der Waals surface area contributed by atoms with E-state index in [4.69, 9.17) is 4.74 Å². The monoisotopic (exact) mass is 467 g/mol. The molecule has 0 radical (unpaired) electrons. The molecule has 0 unspecified atom stereocenters. The summed E-state index contributed by atoms with van der Waals surface area (Å²) in [5.74, 6) is -1.02. The Labute approximate surface area is 196 Å². The lowest BCUT2D eigenvalue weighted by Crippen LogP contribution is -2.35. The molecule has 10 heteroatoms. The molecule has 3 rings (SSSR count). The summed E-state index contributed by atoms with van der Waals surface area (Å²) >= 11 is 0. The molecule has 0 saturated heterocycles. The number of ether oxygens (including phenoxy) is 2. The van der Waals surface area contributed by atoms with E-state index >= 15 is 0 Å². The zero-order valence-corrected chi connectivity index (χ0v) is 18.7. The van der Waals surface area contributed by atoms with E-state index in [1.54, 1.807) is 31.2 Å². The van der Waals surface area contributed by atoms with Crippen LogP contribution in [-0.2, 0) is 9.53 Å². The number of amides is 4. The highest BCUT2D eigenvalue weighted by molar-refractivity contribution is 6.21. The Hall–Kier alpha value is -4.21. The van der Waals surface area contributed by atoms with Crippen molar-refractivity contribution in [3.63, 3.8) is 0 Å². The van der Waals surface area contributed by atoms with E-state index in [1.807, 2.05) is 0 Å². The number of carbonyl (C=O) groups is 5. The van der Waals surface area contributed by atoms with E-state index in [2.05, 4.69) is 15.4 Å². The maximum Gasteiger partial charge on any atom is 0.513 e. The van der Waals surface area contributed by atoms with Crippen LogP contribution in [0.15, 0.2) is 48.5 Å². The Bertz CT molecular complexity index is 1050. The summed E-state index contributed by atoms with van der Waals surface area (Å²) < 4.78 is 9.60. The largest absolute Gasteiger partial charge is 0.513 e. The van der Waals surface area contributed by atoms with Gasteiger partial charge in [0.1, 0.15) is 5.75 Å². The molecule has 10 nitrogen and oxygen atoms in total. The minimum Gasteiger partial charge on any atom is -0.434 e. The SMILES string of the molecule is CCOC(=O)Oc1ccc(C(=O)NCCNC(=O)CCCN2C(=O)c3ccccc3C2=O)cc1. The van der Waals surface area contributed by atoms with E-state index in [1.165, 1.54) is 24.3 Å². The van der Waals surface area contributed by atoms with Gasteiger partial charge in [-0.1, -0.05) is 12.1 Å². The normalized spacial score (nSPS) is 12.2. The highest BCUT2D eigenvalue weighted by Gasteiger charge is 2.34. The fourth-order valence-electron chi connectivity index (χ4n) is 3.33. The van der Waals surface area contributed by atoms with Gasteiger partial charge in [0.25, 0.3) is 17.7 Å². The first-order valence-electron chi connectivity index (χ1n) is 10.9. The van der Waals surface area contributed by atoms with Gasteiger partial charge in [-0.3, -0.25) is 24.1 Å². The summed E-state index contributed by atoms with van der Waals surface area (Å²) in [6.45, 7) is 2.45. The maximum atomic E-state index is 12.3. The third-order valence-electron chi connectivity index (χ3n) is 4.98. The molecule has 4 amide bonds. The van der Waals surface area contributed by atoms with Crippen LogP contribution in [0.4, 0.5) is 4.79 Å². The molecule has 1 aliphatic heterocycles. The van der Waals surface area contributed by atoms with E-state index < -0.39 is 6.16 Å². The van der Waals surface area contributed by atoms with Crippen LogP contribution in [0.1, 0.15) is 50.8 Å². The van der Waals surface area contributed by atoms with E-state index in [9.17, 15) is 24.0 Å². The van der Waals surface area contributed by atoms with Crippen molar-refractivity contribution in [2.24, 2.45) is 0 Å². The minimum absolute atomic E-state index is 0.142. The lowest BCUT2D eigenvalue weighted by Gasteiger charge is -2.13. The van der Waals surface area contributed by atoms with Gasteiger partial charge in [0, 0.05) is 31.6 Å². The average Bonchev–Trinajstić information content (AvgIpc) is 3.07. The summed E-state index contributed by atoms with van der Waals surface area (Å²) in [7, 11) is 0. The number of imide groups is 1. The van der Waals surface area contributed by atoms with Crippen LogP contribution in [0.2, 0.25) is 0 Å². The molecule has 34 heavy (non-hydrogen) atoms. The number of rotatable bonds is 10. The number of hydrogen-bond donors (Lipinski definition) is 2. The van der Waals surface area contributed by atoms with Crippen LogP contribution >= 0.6 is 0 Å². The summed E-state index contributed by atoms with van der Waals surface area (Å²) in [4.78, 5) is 61.2. The molecule has 2 N–H and O–H groups in total. The average molecular weight is 467 g/mol. The Morgan fingerprint density at radius 3 is 2.12 bits per heavy atom. The molecule has 0 aromatic heterocycles. The molecule has 2 aromatic rings. The van der Waals surface area contributed by atoms with Crippen molar-refractivity contribution < 1.29 is 33.4 Å². The van der Waals surface area contributed by atoms with Crippen molar-refractivity contribution in [2.45, 2.75) is 19.8 Å². The van der Waals surface area contributed by atoms with E-state index in [0.717, 1.165) is 4.90 Å². The molecule has 2 aromatic carbocycles. The van der Waals surface area contributed by atoms with E-state index in [0.29, 0.717) is 23.1 Å². The third kappa shape index (κ3) is 6.18. The summed E-state index contributed by atoms with van der Waals surface area (Å²) in [5.41, 5.74) is 1.13. The number of nitrogens with one attached hydrogen (secondary N) is 2. The molecule has 0 spiro atoms. The molecule has 0 aliphatic carbocycles. The van der Waals surface area contributed by atoms with Gasteiger partial charge in [0.2, 0.25) is 5.91 Å². The third-order valence-corrected chi connectivity index (χ3v) is 4.98. The predicted octanol–water partition coefficient (Wildman–Crippen LogP) is 2.14. The molecule has 0 fully saturated rings. The second-order valence-electron chi connectivity index (χ2n) is 7.33. The highest BCUT2D eigenvalue weighted by atomic mass is 16.7. The number of nitrogens with zero attached hydrogens (tertiary/aromatic N) is 1. The predicted molar refractivity (Wildman–Crippen MR) is 120 cm³/mol. The second-order valence-corrected chi connectivity index (χ2v) is 7.33. The highest BCUT2D eigenvalue weighted by Crippen LogP contribution is 2.22. The van der Waals surface area contributed by atoms with Gasteiger partial charge in [0.05, 0.1) is 17.7 Å². The zero-order valence-electron chi connectivity index (χ0n) is 18.7. The van der Waals surface area contributed by atoms with Crippen LogP contribution in [-0.4, -0.2) is 60.9 Å². The molecule has 1 aliphatic rings. The van der Waals surface area contributed by atoms with Gasteiger partial charge in [-0.15, -0.1) is 0 Å². The first-order valence-corrected chi connectivity index (χ1v) is 10.9. The number of fused-ring (bicyclic) bond motifs is 1. The summed E-state index contributed by atoms with van der Waals surface area (Å²) in [6, 6.07) is 12.6. The van der Waals surface area contributed by atoms with Gasteiger partial charge < -0.3 is 20.1 Å². The maximum absolute atomic E-state index is 12.3. The molecular weight excluding hydrogens is 442 g/mol. The van der Waals surface area contributed by atoms with Crippen molar-refractivity contribution >= 4 is 29.8 Å². The number of hydrogen-bond acceptors (Lipinski definition) is 7. The molecule has 0 bridgehead atoms. The fraction of sp³-hybridized carbons (Fsp3) is 0.292. The fourth-order valence-corrected chi connectivity index (χ4v) is 3.33. The first kappa shape index (κ1) is 24.4. The quantitative estimate of drug-likeness (QED) is 0.237. The van der Waals surface area contributed by atoms with Crippen LogP contribution in [0.5, 0.6) is 5.75 Å². The van der Waals surface area contributed by atoms with Crippen molar-refractivity contribution in [1.82, 2.24) is 15.5 Å². The van der Waals surface area contributed by atoms with Gasteiger partial charge in [-0.25, -0.2) is 4.79 Å². The molecule has 1 heterocycles. The van der Waals surface area contributed by atoms with Gasteiger partial charge >= 0.3 is 6.16 Å². The first-order chi connectivity index (χ1) is 16.4. The van der Waals surface area contributed by atoms with Crippen LogP contribution in [0, 0.1) is 0 Å². The van der Waals surface area contributed by atoms with Crippen LogP contribution < -0.4 is 15.4 Å².